The summed E-state index contributed by atoms with van der Waals surface area (Å²) in [5, 5.41) is 3.50. The van der Waals surface area contributed by atoms with E-state index in [1.807, 2.05) is 6.07 Å². The third kappa shape index (κ3) is 5.60. The molecule has 0 aliphatic rings. The monoisotopic (exact) mass is 446 g/mol. The Bertz CT molecular complexity index is 1160. The molecule has 2 N–H and O–H groups in total. The predicted octanol–water partition coefficient (Wildman–Crippen LogP) is 5.45. The lowest BCUT2D eigenvalue weighted by atomic mass is 10.2. The molecule has 3 aromatic carbocycles. The average molecular weight is 447 g/mol. The number of para-hydroxylation sites is 1. The highest BCUT2D eigenvalue weighted by Gasteiger charge is 2.15. The van der Waals surface area contributed by atoms with Gasteiger partial charge in [-0.2, -0.15) is 0 Å². The summed E-state index contributed by atoms with van der Waals surface area (Å²) in [4.78, 5) is 12.1. The average Bonchev–Trinajstić information content (AvgIpc) is 2.69. The summed E-state index contributed by atoms with van der Waals surface area (Å²) in [6.07, 6.45) is 2.95. The number of amides is 1. The lowest BCUT2D eigenvalue weighted by Gasteiger charge is -2.10. The van der Waals surface area contributed by atoms with E-state index in [9.17, 15) is 13.2 Å². The van der Waals surface area contributed by atoms with Crippen molar-refractivity contribution < 1.29 is 13.2 Å². The molecule has 29 heavy (non-hydrogen) atoms. The zero-order valence-corrected chi connectivity index (χ0v) is 17.3. The van der Waals surface area contributed by atoms with Crippen LogP contribution in [0.15, 0.2) is 83.8 Å². The molecular weight excluding hydrogens is 431 g/mol. The molecule has 8 heteroatoms. The van der Waals surface area contributed by atoms with Crippen molar-refractivity contribution in [3.8, 4) is 0 Å². The van der Waals surface area contributed by atoms with E-state index in [1.165, 1.54) is 30.3 Å². The minimum atomic E-state index is -3.81. The highest BCUT2D eigenvalue weighted by atomic mass is 35.5. The number of nitrogens with one attached hydrogen (secondary N) is 2. The van der Waals surface area contributed by atoms with Gasteiger partial charge >= 0.3 is 0 Å². The lowest BCUT2D eigenvalue weighted by molar-refractivity contribution is -0.111. The Morgan fingerprint density at radius 3 is 2.10 bits per heavy atom. The van der Waals surface area contributed by atoms with Gasteiger partial charge in [-0.05, 0) is 54.1 Å². The molecule has 0 fully saturated rings. The van der Waals surface area contributed by atoms with E-state index in [0.717, 1.165) is 5.56 Å². The van der Waals surface area contributed by atoms with Gasteiger partial charge in [0, 0.05) is 16.8 Å². The van der Waals surface area contributed by atoms with E-state index in [-0.39, 0.29) is 16.5 Å². The lowest BCUT2D eigenvalue weighted by Crippen LogP contribution is -2.13. The molecule has 0 unspecified atom stereocenters. The van der Waals surface area contributed by atoms with E-state index in [1.54, 1.807) is 48.5 Å². The number of carbonyl (C=O) groups excluding carboxylic acids is 1. The van der Waals surface area contributed by atoms with Crippen LogP contribution in [0.3, 0.4) is 0 Å². The summed E-state index contributed by atoms with van der Waals surface area (Å²) in [6.45, 7) is 0. The van der Waals surface area contributed by atoms with Crippen LogP contribution in [0.25, 0.3) is 6.08 Å². The first-order valence-corrected chi connectivity index (χ1v) is 10.7. The molecule has 3 rings (SSSR count). The van der Waals surface area contributed by atoms with Crippen LogP contribution in [0, 0.1) is 0 Å². The number of carbonyl (C=O) groups is 1. The maximum absolute atomic E-state index is 12.5. The fourth-order valence-corrected chi connectivity index (χ4v) is 3.94. The highest BCUT2D eigenvalue weighted by Crippen LogP contribution is 2.24. The van der Waals surface area contributed by atoms with Crippen LogP contribution in [-0.2, 0) is 14.8 Å². The third-order valence-electron chi connectivity index (χ3n) is 3.87. The molecule has 0 aromatic heterocycles. The number of anilines is 2. The Morgan fingerprint density at radius 2 is 1.45 bits per heavy atom. The van der Waals surface area contributed by atoms with Gasteiger partial charge in [-0.15, -0.1) is 0 Å². The van der Waals surface area contributed by atoms with Gasteiger partial charge in [-0.25, -0.2) is 8.42 Å². The first-order chi connectivity index (χ1) is 13.8. The smallest absolute Gasteiger partial charge is 0.261 e. The fraction of sp³-hybridized carbons (Fsp3) is 0. The maximum atomic E-state index is 12.5. The Kier molecular flexibility index (Phi) is 6.59. The van der Waals surface area contributed by atoms with Crippen molar-refractivity contribution in [2.45, 2.75) is 4.90 Å². The largest absolute Gasteiger partial charge is 0.323 e. The van der Waals surface area contributed by atoms with E-state index in [0.29, 0.717) is 15.7 Å². The van der Waals surface area contributed by atoms with Gasteiger partial charge < -0.3 is 5.32 Å². The number of halogens is 2. The molecular formula is C21H16Cl2N2O3S. The van der Waals surface area contributed by atoms with E-state index >= 15 is 0 Å². The molecule has 3 aromatic rings. The molecule has 0 spiro atoms. The summed E-state index contributed by atoms with van der Waals surface area (Å²) in [5.41, 5.74) is 1.46. The summed E-state index contributed by atoms with van der Waals surface area (Å²) in [7, 11) is -3.81. The van der Waals surface area contributed by atoms with Gasteiger partial charge in [0.25, 0.3) is 10.0 Å². The molecule has 0 saturated heterocycles. The first-order valence-electron chi connectivity index (χ1n) is 8.46. The van der Waals surface area contributed by atoms with Gasteiger partial charge in [0.05, 0.1) is 15.6 Å². The Labute approximate surface area is 179 Å². The van der Waals surface area contributed by atoms with Crippen molar-refractivity contribution in [2.24, 2.45) is 0 Å². The van der Waals surface area contributed by atoms with Crippen molar-refractivity contribution >= 4 is 56.6 Å². The predicted molar refractivity (Wildman–Crippen MR) is 118 cm³/mol. The van der Waals surface area contributed by atoms with Gasteiger partial charge in [0.2, 0.25) is 5.91 Å². The summed E-state index contributed by atoms with van der Waals surface area (Å²) in [6, 6.07) is 19.5. The number of hydrogen-bond acceptors (Lipinski definition) is 3. The third-order valence-corrected chi connectivity index (χ3v) is 5.93. The van der Waals surface area contributed by atoms with Gasteiger partial charge in [0.15, 0.2) is 0 Å². The number of rotatable bonds is 6. The van der Waals surface area contributed by atoms with Gasteiger partial charge in [-0.3, -0.25) is 9.52 Å². The van der Waals surface area contributed by atoms with Gasteiger partial charge in [0.1, 0.15) is 0 Å². The van der Waals surface area contributed by atoms with Crippen molar-refractivity contribution in [1.29, 1.82) is 0 Å². The van der Waals surface area contributed by atoms with Crippen LogP contribution in [0.1, 0.15) is 5.56 Å². The zero-order valence-electron chi connectivity index (χ0n) is 15.0. The maximum Gasteiger partial charge on any atom is 0.261 e. The Morgan fingerprint density at radius 1 is 0.828 bits per heavy atom. The molecule has 0 aliphatic carbocycles. The molecule has 148 valence electrons. The van der Waals surface area contributed by atoms with Crippen LogP contribution in [0.5, 0.6) is 0 Å². The van der Waals surface area contributed by atoms with Gasteiger partial charge in [-0.1, -0.05) is 53.5 Å². The Balaban J connectivity index is 1.67. The SMILES string of the molecule is O=C(/C=C/c1ccccc1Cl)Nc1ccc(S(=O)(=O)Nc2ccccc2Cl)cc1. The van der Waals surface area contributed by atoms with Crippen molar-refractivity contribution in [3.63, 3.8) is 0 Å². The van der Waals surface area contributed by atoms with E-state index in [2.05, 4.69) is 10.0 Å². The van der Waals surface area contributed by atoms with E-state index in [4.69, 9.17) is 23.2 Å². The second-order valence-corrected chi connectivity index (χ2v) is 8.45. The van der Waals surface area contributed by atoms with Crippen molar-refractivity contribution in [1.82, 2.24) is 0 Å². The van der Waals surface area contributed by atoms with E-state index < -0.39 is 10.0 Å². The highest BCUT2D eigenvalue weighted by molar-refractivity contribution is 7.92. The minimum Gasteiger partial charge on any atom is -0.323 e. The zero-order chi connectivity index (χ0) is 20.9. The second-order valence-electron chi connectivity index (χ2n) is 5.95. The Hall–Kier alpha value is -2.80. The molecule has 0 heterocycles. The summed E-state index contributed by atoms with van der Waals surface area (Å²) >= 11 is 12.0. The number of sulfonamides is 1. The van der Waals surface area contributed by atoms with Crippen LogP contribution in [0.4, 0.5) is 11.4 Å². The van der Waals surface area contributed by atoms with Crippen molar-refractivity contribution in [3.05, 3.63) is 94.5 Å². The molecule has 0 bridgehead atoms. The normalized spacial score (nSPS) is 11.4. The molecule has 0 saturated carbocycles. The fourth-order valence-electron chi connectivity index (χ4n) is 2.42. The molecule has 0 atom stereocenters. The van der Waals surface area contributed by atoms with Crippen LogP contribution < -0.4 is 10.0 Å². The molecule has 1 amide bonds. The molecule has 0 radical (unpaired) electrons. The van der Waals surface area contributed by atoms with Crippen LogP contribution in [0.2, 0.25) is 10.0 Å². The first kappa shape index (κ1) is 20.9. The standard InChI is InChI=1S/C21H16Cl2N2O3S/c22-18-6-2-1-5-15(18)9-14-21(26)24-16-10-12-17(13-11-16)29(27,28)25-20-8-4-3-7-19(20)23/h1-14,25H,(H,24,26)/b14-9+. The second kappa shape index (κ2) is 9.13. The number of benzene rings is 3. The molecule has 5 nitrogen and oxygen atoms in total. The number of hydrogen-bond donors (Lipinski definition) is 2. The quantitative estimate of drug-likeness (QED) is 0.494. The molecule has 0 aliphatic heterocycles. The topological polar surface area (TPSA) is 75.3 Å². The summed E-state index contributed by atoms with van der Waals surface area (Å²) < 4.78 is 27.4. The summed E-state index contributed by atoms with van der Waals surface area (Å²) in [5.74, 6) is -0.366. The van der Waals surface area contributed by atoms with Crippen molar-refractivity contribution in [2.75, 3.05) is 10.0 Å². The minimum absolute atomic E-state index is 0.0435. The van der Waals surface area contributed by atoms with Crippen LogP contribution >= 0.6 is 23.2 Å². The van der Waals surface area contributed by atoms with Crippen LogP contribution in [-0.4, -0.2) is 14.3 Å².